The molecule has 152 valence electrons. The Bertz CT molecular complexity index is 907. The molecule has 8 heteroatoms. The largest absolute Gasteiger partial charge is 0.548 e. The number of carbonyl (C=O) groups excluding carboxylic acids is 2. The van der Waals surface area contributed by atoms with Gasteiger partial charge in [0.05, 0.1) is 17.4 Å². The Balaban J connectivity index is 2.22. The second kappa shape index (κ2) is 10.2. The maximum atomic E-state index is 12.2. The summed E-state index contributed by atoms with van der Waals surface area (Å²) in [4.78, 5) is 35.1. The number of fused-ring (bicyclic) bond motifs is 1. The molecule has 1 N–H and O–H groups in total. The standard InChI is InChI=1S/C20H25NO6S/c1-4-5-13-10-18(23)27-16-9-12(2)8-15(19(13)16)26-11-17(22)21-14(20(24)25)6-7-28-3/h8-10,14H,4-7,11H2,1-3H3,(H,21,22)(H,24,25)/p-1/t14-/m0/s1. The maximum absolute atomic E-state index is 12.2. The van der Waals surface area contributed by atoms with Crippen molar-refractivity contribution in [1.82, 2.24) is 5.32 Å². The Morgan fingerprint density at radius 3 is 2.71 bits per heavy atom. The number of nitrogens with one attached hydrogen (secondary N) is 1. The van der Waals surface area contributed by atoms with Gasteiger partial charge in [0.2, 0.25) is 0 Å². The molecule has 0 fully saturated rings. The Labute approximate surface area is 167 Å². The summed E-state index contributed by atoms with van der Waals surface area (Å²) in [6, 6.07) is 3.88. The first-order valence-electron chi connectivity index (χ1n) is 9.05. The van der Waals surface area contributed by atoms with E-state index in [4.69, 9.17) is 9.15 Å². The molecule has 1 heterocycles. The van der Waals surface area contributed by atoms with Crippen LogP contribution in [0.25, 0.3) is 11.0 Å². The number of thioether (sulfide) groups is 1. The van der Waals surface area contributed by atoms with Crippen molar-refractivity contribution in [2.45, 2.75) is 39.2 Å². The van der Waals surface area contributed by atoms with Crippen molar-refractivity contribution in [2.75, 3.05) is 18.6 Å². The molecular formula is C20H24NO6S-. The van der Waals surface area contributed by atoms with E-state index in [2.05, 4.69) is 5.32 Å². The van der Waals surface area contributed by atoms with Crippen LogP contribution in [-0.2, 0) is 16.0 Å². The van der Waals surface area contributed by atoms with E-state index in [0.29, 0.717) is 28.9 Å². The number of carboxylic acid groups (broad SMARTS) is 1. The maximum Gasteiger partial charge on any atom is 0.336 e. The lowest BCUT2D eigenvalue weighted by atomic mass is 10.0. The minimum atomic E-state index is -1.32. The molecular weight excluding hydrogens is 382 g/mol. The summed E-state index contributed by atoms with van der Waals surface area (Å²) in [5, 5.41) is 14.2. The third-order valence-electron chi connectivity index (χ3n) is 4.14. The molecule has 0 aliphatic rings. The van der Waals surface area contributed by atoms with E-state index in [1.54, 1.807) is 12.1 Å². The summed E-state index contributed by atoms with van der Waals surface area (Å²) in [6.07, 6.45) is 3.62. The molecule has 28 heavy (non-hydrogen) atoms. The van der Waals surface area contributed by atoms with Crippen LogP contribution in [0.3, 0.4) is 0 Å². The number of carboxylic acids is 1. The fourth-order valence-corrected chi connectivity index (χ4v) is 3.39. The van der Waals surface area contributed by atoms with Gasteiger partial charge in [-0.25, -0.2) is 4.79 Å². The van der Waals surface area contributed by atoms with Crippen LogP contribution in [0.1, 0.15) is 30.9 Å². The van der Waals surface area contributed by atoms with Crippen LogP contribution in [-0.4, -0.2) is 36.5 Å². The molecule has 1 atom stereocenters. The summed E-state index contributed by atoms with van der Waals surface area (Å²) in [7, 11) is 0. The summed E-state index contributed by atoms with van der Waals surface area (Å²) < 4.78 is 11.0. The number of hydrogen-bond donors (Lipinski definition) is 1. The first kappa shape index (κ1) is 21.8. The van der Waals surface area contributed by atoms with Crippen LogP contribution >= 0.6 is 11.8 Å². The van der Waals surface area contributed by atoms with E-state index in [-0.39, 0.29) is 13.0 Å². The number of rotatable bonds is 10. The number of aryl methyl sites for hydroxylation is 2. The Morgan fingerprint density at radius 2 is 2.07 bits per heavy atom. The van der Waals surface area contributed by atoms with Gasteiger partial charge in [-0.3, -0.25) is 4.79 Å². The third-order valence-corrected chi connectivity index (χ3v) is 4.79. The van der Waals surface area contributed by atoms with E-state index in [1.807, 2.05) is 20.1 Å². The monoisotopic (exact) mass is 406 g/mol. The van der Waals surface area contributed by atoms with Gasteiger partial charge in [0.1, 0.15) is 11.3 Å². The fraction of sp³-hybridized carbons (Fsp3) is 0.450. The van der Waals surface area contributed by atoms with Crippen LogP contribution in [0.2, 0.25) is 0 Å². The zero-order chi connectivity index (χ0) is 20.7. The van der Waals surface area contributed by atoms with Crippen molar-refractivity contribution in [1.29, 1.82) is 0 Å². The molecule has 7 nitrogen and oxygen atoms in total. The van der Waals surface area contributed by atoms with Gasteiger partial charge in [0.25, 0.3) is 5.91 Å². The van der Waals surface area contributed by atoms with Crippen LogP contribution < -0.4 is 20.8 Å². The van der Waals surface area contributed by atoms with Gasteiger partial charge < -0.3 is 24.4 Å². The van der Waals surface area contributed by atoms with Gasteiger partial charge in [0, 0.05) is 6.07 Å². The number of amides is 1. The van der Waals surface area contributed by atoms with E-state index in [9.17, 15) is 19.5 Å². The number of aliphatic carboxylic acids is 1. The molecule has 0 aliphatic carbocycles. The van der Waals surface area contributed by atoms with Crippen LogP contribution in [0, 0.1) is 6.92 Å². The highest BCUT2D eigenvalue weighted by Crippen LogP contribution is 2.30. The van der Waals surface area contributed by atoms with Gasteiger partial charge in [-0.05, 0) is 55.0 Å². The van der Waals surface area contributed by atoms with Gasteiger partial charge in [-0.2, -0.15) is 11.8 Å². The molecule has 0 unspecified atom stereocenters. The van der Waals surface area contributed by atoms with Crippen LogP contribution in [0.4, 0.5) is 0 Å². The number of hydrogen-bond acceptors (Lipinski definition) is 7. The molecule has 0 aliphatic heterocycles. The number of benzene rings is 1. The molecule has 0 bridgehead atoms. The molecule has 2 rings (SSSR count). The zero-order valence-corrected chi connectivity index (χ0v) is 17.0. The van der Waals surface area contributed by atoms with Crippen LogP contribution in [0.5, 0.6) is 5.75 Å². The average Bonchev–Trinajstić information content (AvgIpc) is 2.62. The predicted molar refractivity (Wildman–Crippen MR) is 107 cm³/mol. The summed E-state index contributed by atoms with van der Waals surface area (Å²) in [6.45, 7) is 3.47. The van der Waals surface area contributed by atoms with E-state index in [1.165, 1.54) is 17.8 Å². The second-order valence-corrected chi connectivity index (χ2v) is 7.47. The van der Waals surface area contributed by atoms with Crippen molar-refractivity contribution in [3.8, 4) is 5.75 Å². The molecule has 0 saturated carbocycles. The topological polar surface area (TPSA) is 109 Å². The van der Waals surface area contributed by atoms with Crippen LogP contribution in [0.15, 0.2) is 27.4 Å². The van der Waals surface area contributed by atoms with E-state index >= 15 is 0 Å². The molecule has 0 saturated heterocycles. The highest BCUT2D eigenvalue weighted by Gasteiger charge is 2.16. The minimum Gasteiger partial charge on any atom is -0.548 e. The third kappa shape index (κ3) is 5.76. The minimum absolute atomic E-state index is 0.272. The second-order valence-electron chi connectivity index (χ2n) is 6.49. The molecule has 1 amide bonds. The quantitative estimate of drug-likeness (QED) is 0.594. The molecule has 0 spiro atoms. The van der Waals surface area contributed by atoms with Gasteiger partial charge >= 0.3 is 5.63 Å². The first-order valence-corrected chi connectivity index (χ1v) is 10.4. The lowest BCUT2D eigenvalue weighted by molar-refractivity contribution is -0.308. The van der Waals surface area contributed by atoms with Crippen molar-refractivity contribution < 1.29 is 23.8 Å². The fourth-order valence-electron chi connectivity index (χ4n) is 2.91. The SMILES string of the molecule is CCCc1cc(=O)oc2cc(C)cc(OCC(=O)N[C@@H](CCSC)C(=O)[O-])c12. The smallest absolute Gasteiger partial charge is 0.336 e. The van der Waals surface area contributed by atoms with E-state index < -0.39 is 23.5 Å². The Morgan fingerprint density at radius 1 is 1.32 bits per heavy atom. The first-order chi connectivity index (χ1) is 13.3. The summed E-state index contributed by atoms with van der Waals surface area (Å²) >= 11 is 1.49. The molecule has 0 radical (unpaired) electrons. The van der Waals surface area contributed by atoms with Crippen molar-refractivity contribution in [3.05, 3.63) is 39.7 Å². The lowest BCUT2D eigenvalue weighted by Crippen LogP contribution is -2.49. The zero-order valence-electron chi connectivity index (χ0n) is 16.2. The number of carbonyl (C=O) groups is 2. The summed E-state index contributed by atoms with van der Waals surface area (Å²) in [5.74, 6) is -0.872. The number of ether oxygens (including phenoxy) is 1. The van der Waals surface area contributed by atoms with E-state index in [0.717, 1.165) is 17.5 Å². The Hall–Kier alpha value is -2.48. The average molecular weight is 406 g/mol. The van der Waals surface area contributed by atoms with Gasteiger partial charge in [-0.1, -0.05) is 13.3 Å². The van der Waals surface area contributed by atoms with Gasteiger partial charge in [0.15, 0.2) is 6.61 Å². The van der Waals surface area contributed by atoms with Gasteiger partial charge in [-0.15, -0.1) is 0 Å². The molecule has 2 aromatic rings. The highest BCUT2D eigenvalue weighted by atomic mass is 32.2. The summed E-state index contributed by atoms with van der Waals surface area (Å²) in [5.41, 5.74) is 1.57. The lowest BCUT2D eigenvalue weighted by Gasteiger charge is -2.19. The molecule has 1 aromatic heterocycles. The Kier molecular flexibility index (Phi) is 7.92. The van der Waals surface area contributed by atoms with Crippen molar-refractivity contribution in [3.63, 3.8) is 0 Å². The van der Waals surface area contributed by atoms with Crippen molar-refractivity contribution >= 4 is 34.6 Å². The highest BCUT2D eigenvalue weighted by molar-refractivity contribution is 7.98. The van der Waals surface area contributed by atoms with Crippen molar-refractivity contribution in [2.24, 2.45) is 0 Å². The normalized spacial score (nSPS) is 12.0. The molecule has 1 aromatic carbocycles. The predicted octanol–water partition coefficient (Wildman–Crippen LogP) is 1.42.